The number of rotatable bonds is 10. The summed E-state index contributed by atoms with van der Waals surface area (Å²) in [4.78, 5) is 28.3. The standard InChI is InChI=1S/C29H29F3N2O6S/c1-39-17-5-15-33-25-14-9-19(22-6-4-7-23(27(22)25)28(33)36)18-26(35)24-8-2-3-16-34(24)41(37,38)21-12-10-20(11-13-21)40-29(30,31)32/h4,6-7,9-14,24H,2-3,5,8,15-18H2,1H3. The maximum absolute atomic E-state index is 13.7. The molecule has 0 aliphatic carbocycles. The lowest BCUT2D eigenvalue weighted by Crippen LogP contribution is -2.48. The third-order valence-corrected chi connectivity index (χ3v) is 9.38. The first-order chi connectivity index (χ1) is 19.5. The number of ketones is 1. The summed E-state index contributed by atoms with van der Waals surface area (Å²) in [6.45, 7) is 1.13. The largest absolute Gasteiger partial charge is 0.573 e. The molecule has 0 spiro atoms. The van der Waals surface area contributed by atoms with Crippen LogP contribution in [-0.2, 0) is 26.0 Å². The van der Waals surface area contributed by atoms with Gasteiger partial charge >= 0.3 is 6.36 Å². The van der Waals surface area contributed by atoms with Gasteiger partial charge in [-0.2, -0.15) is 4.31 Å². The summed E-state index contributed by atoms with van der Waals surface area (Å²) in [5.74, 6) is -0.931. The number of anilines is 1. The lowest BCUT2D eigenvalue weighted by atomic mass is 9.93. The van der Waals surface area contributed by atoms with Crippen molar-refractivity contribution >= 4 is 38.2 Å². The molecule has 2 aliphatic rings. The average Bonchev–Trinajstić information content (AvgIpc) is 3.21. The van der Waals surface area contributed by atoms with E-state index in [1.807, 2.05) is 18.2 Å². The number of carbonyl (C=O) groups excluding carboxylic acids is 2. The SMILES string of the molecule is COCCCN1C(=O)c2cccc3c(CC(=O)C4CCCCN4S(=O)(=O)c4ccc(OC(F)(F)F)cc4)ccc1c23. The molecule has 3 aromatic carbocycles. The van der Waals surface area contributed by atoms with E-state index < -0.39 is 28.2 Å². The number of amides is 1. The van der Waals surface area contributed by atoms with Crippen LogP contribution in [0.3, 0.4) is 0 Å². The van der Waals surface area contributed by atoms with Crippen molar-refractivity contribution in [2.24, 2.45) is 0 Å². The molecule has 2 heterocycles. The van der Waals surface area contributed by atoms with Crippen LogP contribution in [0.5, 0.6) is 5.75 Å². The number of nitrogens with zero attached hydrogens (tertiary/aromatic N) is 2. The van der Waals surface area contributed by atoms with Gasteiger partial charge in [0.05, 0.1) is 16.6 Å². The Hall–Kier alpha value is -3.48. The normalized spacial score (nSPS) is 17.8. The minimum Gasteiger partial charge on any atom is -0.406 e. The van der Waals surface area contributed by atoms with Crippen molar-refractivity contribution in [3.8, 4) is 5.75 Å². The predicted octanol–water partition coefficient (Wildman–Crippen LogP) is 5.09. The molecule has 3 aromatic rings. The van der Waals surface area contributed by atoms with Crippen LogP contribution in [0.25, 0.3) is 10.8 Å². The van der Waals surface area contributed by atoms with E-state index in [0.29, 0.717) is 50.0 Å². The van der Waals surface area contributed by atoms with Crippen LogP contribution in [0.15, 0.2) is 59.5 Å². The van der Waals surface area contributed by atoms with Crippen molar-refractivity contribution in [1.29, 1.82) is 0 Å². The van der Waals surface area contributed by atoms with Gasteiger partial charge in [-0.15, -0.1) is 13.2 Å². The van der Waals surface area contributed by atoms with Crippen molar-refractivity contribution in [1.82, 2.24) is 4.31 Å². The van der Waals surface area contributed by atoms with Gasteiger partial charge in [0.25, 0.3) is 5.91 Å². The molecule has 1 saturated heterocycles. The second kappa shape index (κ2) is 11.4. The number of methoxy groups -OCH3 is 1. The molecule has 0 aromatic heterocycles. The van der Waals surface area contributed by atoms with Crippen LogP contribution < -0.4 is 9.64 Å². The van der Waals surface area contributed by atoms with Crippen molar-refractivity contribution in [3.63, 3.8) is 0 Å². The highest BCUT2D eigenvalue weighted by molar-refractivity contribution is 7.89. The molecular formula is C29H29F3N2O6S. The summed E-state index contributed by atoms with van der Waals surface area (Å²) in [5.41, 5.74) is 2.02. The minimum absolute atomic E-state index is 0.0346. The Bertz CT molecular complexity index is 1570. The number of hydrogen-bond acceptors (Lipinski definition) is 6. The first-order valence-electron chi connectivity index (χ1n) is 13.3. The van der Waals surface area contributed by atoms with E-state index >= 15 is 0 Å². The molecule has 0 radical (unpaired) electrons. The average molecular weight is 591 g/mol. The van der Waals surface area contributed by atoms with E-state index in [0.717, 1.165) is 45.0 Å². The molecule has 41 heavy (non-hydrogen) atoms. The van der Waals surface area contributed by atoms with Gasteiger partial charge in [-0.1, -0.05) is 24.6 Å². The predicted molar refractivity (Wildman–Crippen MR) is 145 cm³/mol. The lowest BCUT2D eigenvalue weighted by Gasteiger charge is -2.34. The van der Waals surface area contributed by atoms with Gasteiger partial charge in [0, 0.05) is 44.2 Å². The third-order valence-electron chi connectivity index (χ3n) is 7.46. The number of hydrogen-bond donors (Lipinski definition) is 0. The Morgan fingerprint density at radius 1 is 1.05 bits per heavy atom. The smallest absolute Gasteiger partial charge is 0.406 e. The highest BCUT2D eigenvalue weighted by atomic mass is 32.2. The topological polar surface area (TPSA) is 93.2 Å². The number of sulfonamides is 1. The van der Waals surface area contributed by atoms with Crippen molar-refractivity contribution in [3.05, 3.63) is 65.7 Å². The first kappa shape index (κ1) is 29.0. The van der Waals surface area contributed by atoms with E-state index in [1.54, 1.807) is 24.1 Å². The number of ether oxygens (including phenoxy) is 2. The summed E-state index contributed by atoms with van der Waals surface area (Å²) >= 11 is 0. The third kappa shape index (κ3) is 5.81. The molecule has 5 rings (SSSR count). The van der Waals surface area contributed by atoms with E-state index in [9.17, 15) is 31.2 Å². The van der Waals surface area contributed by atoms with Crippen molar-refractivity contribution in [2.75, 3.05) is 31.7 Å². The Labute approximate surface area is 235 Å². The molecule has 12 heteroatoms. The quantitative estimate of drug-likeness (QED) is 0.306. The molecule has 2 aliphatic heterocycles. The zero-order valence-corrected chi connectivity index (χ0v) is 23.1. The van der Waals surface area contributed by atoms with Gasteiger partial charge in [-0.05, 0) is 66.6 Å². The molecule has 8 nitrogen and oxygen atoms in total. The maximum atomic E-state index is 13.7. The van der Waals surface area contributed by atoms with Gasteiger partial charge in [-0.3, -0.25) is 9.59 Å². The molecule has 0 N–H and O–H groups in total. The number of piperidine rings is 1. The Kier molecular flexibility index (Phi) is 8.09. The zero-order valence-electron chi connectivity index (χ0n) is 22.3. The van der Waals surface area contributed by atoms with Crippen LogP contribution in [0.4, 0.5) is 18.9 Å². The molecule has 0 saturated carbocycles. The number of Topliss-reactive ketones (excluding diaryl/α,β-unsaturated/α-hetero) is 1. The van der Waals surface area contributed by atoms with Crippen molar-refractivity contribution < 1.29 is 40.7 Å². The summed E-state index contributed by atoms with van der Waals surface area (Å²) in [7, 11) is -2.56. The summed E-state index contributed by atoms with van der Waals surface area (Å²) in [6, 6.07) is 12.1. The molecule has 1 atom stereocenters. The van der Waals surface area contributed by atoms with Gasteiger partial charge in [0.15, 0.2) is 5.78 Å². The van der Waals surface area contributed by atoms with Gasteiger partial charge < -0.3 is 14.4 Å². The highest BCUT2D eigenvalue weighted by Gasteiger charge is 2.38. The molecule has 0 bridgehead atoms. The van der Waals surface area contributed by atoms with Crippen molar-refractivity contribution in [2.45, 2.75) is 49.4 Å². The van der Waals surface area contributed by atoms with Crippen LogP contribution in [0.1, 0.15) is 41.6 Å². The number of alkyl halides is 3. The highest BCUT2D eigenvalue weighted by Crippen LogP contribution is 2.39. The number of halogens is 3. The van der Waals surface area contributed by atoms with Crippen LogP contribution in [-0.4, -0.2) is 63.6 Å². The summed E-state index contributed by atoms with van der Waals surface area (Å²) in [5, 5.41) is 1.54. The molecule has 1 fully saturated rings. The fraction of sp³-hybridized carbons (Fsp3) is 0.379. The van der Waals surface area contributed by atoms with E-state index in [-0.39, 0.29) is 29.6 Å². The van der Waals surface area contributed by atoms with E-state index in [4.69, 9.17) is 4.74 Å². The summed E-state index contributed by atoms with van der Waals surface area (Å²) in [6.07, 6.45) is -2.71. The van der Waals surface area contributed by atoms with E-state index in [2.05, 4.69) is 4.74 Å². The zero-order chi connectivity index (χ0) is 29.4. The fourth-order valence-corrected chi connectivity index (χ4v) is 7.30. The van der Waals surface area contributed by atoms with Crippen LogP contribution in [0, 0.1) is 0 Å². The summed E-state index contributed by atoms with van der Waals surface area (Å²) < 4.78 is 74.7. The first-order valence-corrected chi connectivity index (χ1v) is 14.7. The lowest BCUT2D eigenvalue weighted by molar-refractivity contribution is -0.274. The van der Waals surface area contributed by atoms with E-state index in [1.165, 1.54) is 0 Å². The van der Waals surface area contributed by atoms with Gasteiger partial charge in [0.1, 0.15) is 5.75 Å². The van der Waals surface area contributed by atoms with Crippen LogP contribution in [0.2, 0.25) is 0 Å². The van der Waals surface area contributed by atoms with Crippen LogP contribution >= 0.6 is 0 Å². The number of benzene rings is 3. The molecule has 218 valence electrons. The fourth-order valence-electron chi connectivity index (χ4n) is 5.62. The molecule has 1 unspecified atom stereocenters. The molecule has 1 amide bonds. The van der Waals surface area contributed by atoms with Gasteiger partial charge in [-0.25, -0.2) is 8.42 Å². The van der Waals surface area contributed by atoms with Gasteiger partial charge in [0.2, 0.25) is 10.0 Å². The Morgan fingerprint density at radius 2 is 1.80 bits per heavy atom. The Morgan fingerprint density at radius 3 is 2.51 bits per heavy atom. The molecular weight excluding hydrogens is 561 g/mol. The Balaban J connectivity index is 1.39. The minimum atomic E-state index is -4.90. The monoisotopic (exact) mass is 590 g/mol. The second-order valence-corrected chi connectivity index (χ2v) is 12.0. The maximum Gasteiger partial charge on any atom is 0.573 e. The second-order valence-electron chi connectivity index (χ2n) is 10.1. The number of carbonyl (C=O) groups is 2.